The predicted octanol–water partition coefficient (Wildman–Crippen LogP) is 2.84. The molecule has 6 heteroatoms. The van der Waals surface area contributed by atoms with Crippen molar-refractivity contribution in [1.29, 1.82) is 0 Å². The van der Waals surface area contributed by atoms with E-state index in [1.165, 1.54) is 19.3 Å². The van der Waals surface area contributed by atoms with Crippen molar-refractivity contribution < 1.29 is 4.79 Å². The van der Waals surface area contributed by atoms with Crippen molar-refractivity contribution in [3.8, 4) is 0 Å². The van der Waals surface area contributed by atoms with Gasteiger partial charge in [-0.3, -0.25) is 19.5 Å². The number of likely N-dealkylation sites (tertiary alicyclic amines) is 1. The zero-order valence-corrected chi connectivity index (χ0v) is 15.8. The zero-order valence-electron chi connectivity index (χ0n) is 15.8. The van der Waals surface area contributed by atoms with Gasteiger partial charge < -0.3 is 10.3 Å². The molecule has 0 aliphatic carbocycles. The maximum absolute atomic E-state index is 12.4. The predicted molar refractivity (Wildman–Crippen MR) is 109 cm³/mol. The van der Waals surface area contributed by atoms with Crippen LogP contribution in [0.5, 0.6) is 0 Å². The molecule has 0 unspecified atom stereocenters. The summed E-state index contributed by atoms with van der Waals surface area (Å²) in [6, 6.07) is 13.3. The van der Waals surface area contributed by atoms with Crippen molar-refractivity contribution in [3.63, 3.8) is 0 Å². The number of rotatable bonds is 5. The van der Waals surface area contributed by atoms with Crippen LogP contribution < -0.4 is 10.9 Å². The van der Waals surface area contributed by atoms with Crippen molar-refractivity contribution in [2.75, 3.05) is 13.1 Å². The smallest absolute Gasteiger partial charge is 0.261 e. The molecule has 1 saturated heterocycles. The fraction of sp³-hybridized carbons (Fsp3) is 0.318. The van der Waals surface area contributed by atoms with Crippen LogP contribution in [0.2, 0.25) is 0 Å². The quantitative estimate of drug-likeness (QED) is 0.718. The molecule has 0 spiro atoms. The Hall–Kier alpha value is -2.99. The average Bonchev–Trinajstić information content (AvgIpc) is 2.73. The zero-order chi connectivity index (χ0) is 19.3. The van der Waals surface area contributed by atoms with Crippen LogP contribution in [-0.2, 0) is 13.1 Å². The van der Waals surface area contributed by atoms with Gasteiger partial charge in [0.15, 0.2) is 0 Å². The molecule has 144 valence electrons. The molecule has 0 radical (unpaired) electrons. The number of hydrogen-bond donors (Lipinski definition) is 2. The lowest BCUT2D eigenvalue weighted by Gasteiger charge is -2.26. The first-order valence-corrected chi connectivity index (χ1v) is 9.75. The molecule has 1 aromatic carbocycles. The fourth-order valence-electron chi connectivity index (χ4n) is 3.63. The number of para-hydroxylation sites is 1. The first-order chi connectivity index (χ1) is 13.7. The van der Waals surface area contributed by atoms with Gasteiger partial charge in [0, 0.05) is 30.4 Å². The largest absolute Gasteiger partial charge is 0.348 e. The first kappa shape index (κ1) is 18.4. The van der Waals surface area contributed by atoms with Crippen LogP contribution in [0.25, 0.3) is 10.9 Å². The highest BCUT2D eigenvalue weighted by molar-refractivity contribution is 5.93. The Kier molecular flexibility index (Phi) is 5.48. The van der Waals surface area contributed by atoms with Gasteiger partial charge in [-0.2, -0.15) is 0 Å². The molecule has 1 fully saturated rings. The summed E-state index contributed by atoms with van der Waals surface area (Å²) in [5.74, 6) is -0.376. The number of H-pyrrole nitrogens is 1. The molecule has 4 rings (SSSR count). The summed E-state index contributed by atoms with van der Waals surface area (Å²) in [5.41, 5.74) is 2.45. The van der Waals surface area contributed by atoms with Crippen molar-refractivity contribution in [2.45, 2.75) is 32.4 Å². The Morgan fingerprint density at radius 1 is 1.11 bits per heavy atom. The highest BCUT2D eigenvalue weighted by Gasteiger charge is 2.14. The van der Waals surface area contributed by atoms with Gasteiger partial charge in [0.25, 0.3) is 11.5 Å². The molecule has 1 amide bonds. The molecule has 1 aliphatic rings. The third kappa shape index (κ3) is 4.28. The van der Waals surface area contributed by atoms with Crippen molar-refractivity contribution in [3.05, 3.63) is 75.8 Å². The third-order valence-electron chi connectivity index (χ3n) is 5.16. The minimum Gasteiger partial charge on any atom is -0.348 e. The summed E-state index contributed by atoms with van der Waals surface area (Å²) in [6.45, 7) is 3.17. The Morgan fingerprint density at radius 2 is 1.93 bits per heavy atom. The van der Waals surface area contributed by atoms with Crippen LogP contribution >= 0.6 is 0 Å². The van der Waals surface area contributed by atoms with E-state index in [0.29, 0.717) is 6.54 Å². The van der Waals surface area contributed by atoms with Crippen LogP contribution in [0.1, 0.15) is 40.9 Å². The standard InChI is InChI=1S/C22H24N4O2/c27-21(24-14-16-12-17-6-2-3-7-20(17)23-13-16)19-9-8-18(25-22(19)28)15-26-10-4-1-5-11-26/h2-3,6-9,12-13H,1,4-5,10-11,14-15H2,(H,24,27)(H,25,28). The number of pyridine rings is 2. The number of nitrogens with zero attached hydrogens (tertiary/aromatic N) is 2. The second kappa shape index (κ2) is 8.35. The van der Waals surface area contributed by atoms with Gasteiger partial charge in [-0.05, 0) is 55.8 Å². The Labute approximate surface area is 163 Å². The number of aromatic amines is 1. The van der Waals surface area contributed by atoms with Gasteiger partial charge in [-0.25, -0.2) is 0 Å². The molecule has 3 heterocycles. The molecule has 2 aromatic heterocycles. The number of amides is 1. The molecule has 28 heavy (non-hydrogen) atoms. The lowest BCUT2D eigenvalue weighted by Crippen LogP contribution is -2.32. The SMILES string of the molecule is O=C(NCc1cnc2ccccc2c1)c1ccc(CN2CCCCC2)[nH]c1=O. The molecule has 0 saturated carbocycles. The van der Waals surface area contributed by atoms with E-state index in [1.807, 2.05) is 36.4 Å². The van der Waals surface area contributed by atoms with E-state index in [-0.39, 0.29) is 17.0 Å². The molecule has 0 bridgehead atoms. The maximum atomic E-state index is 12.4. The number of piperidine rings is 1. The fourth-order valence-corrected chi connectivity index (χ4v) is 3.63. The van der Waals surface area contributed by atoms with E-state index < -0.39 is 0 Å². The highest BCUT2D eigenvalue weighted by atomic mass is 16.2. The van der Waals surface area contributed by atoms with Crippen molar-refractivity contribution >= 4 is 16.8 Å². The Morgan fingerprint density at radius 3 is 2.75 bits per heavy atom. The summed E-state index contributed by atoms with van der Waals surface area (Å²) >= 11 is 0. The van der Waals surface area contributed by atoms with E-state index in [0.717, 1.165) is 41.8 Å². The van der Waals surface area contributed by atoms with E-state index in [4.69, 9.17) is 0 Å². The summed E-state index contributed by atoms with van der Waals surface area (Å²) < 4.78 is 0. The number of aromatic nitrogens is 2. The van der Waals surface area contributed by atoms with Gasteiger partial charge in [0.2, 0.25) is 0 Å². The Balaban J connectivity index is 1.40. The van der Waals surface area contributed by atoms with Gasteiger partial charge in [-0.1, -0.05) is 24.6 Å². The summed E-state index contributed by atoms with van der Waals surface area (Å²) in [7, 11) is 0. The molecule has 3 aromatic rings. The van der Waals surface area contributed by atoms with Gasteiger partial charge in [0.05, 0.1) is 5.52 Å². The van der Waals surface area contributed by atoms with Crippen LogP contribution in [0.4, 0.5) is 0 Å². The number of hydrogen-bond acceptors (Lipinski definition) is 4. The third-order valence-corrected chi connectivity index (χ3v) is 5.16. The van der Waals surface area contributed by atoms with E-state index >= 15 is 0 Å². The molecule has 1 aliphatic heterocycles. The highest BCUT2D eigenvalue weighted by Crippen LogP contribution is 2.13. The minimum absolute atomic E-state index is 0.135. The number of nitrogens with one attached hydrogen (secondary N) is 2. The van der Waals surface area contributed by atoms with E-state index in [9.17, 15) is 9.59 Å². The van der Waals surface area contributed by atoms with E-state index in [2.05, 4.69) is 20.2 Å². The van der Waals surface area contributed by atoms with Crippen LogP contribution in [0.3, 0.4) is 0 Å². The average molecular weight is 376 g/mol. The Bertz CT molecular complexity index is 1040. The molecular weight excluding hydrogens is 352 g/mol. The lowest BCUT2D eigenvalue weighted by atomic mass is 10.1. The summed E-state index contributed by atoms with van der Waals surface area (Å²) in [5, 5.41) is 3.83. The molecule has 0 atom stereocenters. The van der Waals surface area contributed by atoms with Crippen molar-refractivity contribution in [1.82, 2.24) is 20.2 Å². The second-order valence-electron chi connectivity index (χ2n) is 7.28. The van der Waals surface area contributed by atoms with Gasteiger partial charge in [0.1, 0.15) is 5.56 Å². The van der Waals surface area contributed by atoms with Crippen LogP contribution in [-0.4, -0.2) is 33.9 Å². The number of carbonyl (C=O) groups is 1. The van der Waals surface area contributed by atoms with Gasteiger partial charge in [-0.15, -0.1) is 0 Å². The van der Waals surface area contributed by atoms with Crippen molar-refractivity contribution in [2.24, 2.45) is 0 Å². The number of fused-ring (bicyclic) bond motifs is 1. The van der Waals surface area contributed by atoms with E-state index in [1.54, 1.807) is 12.3 Å². The second-order valence-corrected chi connectivity index (χ2v) is 7.28. The van der Waals surface area contributed by atoms with Gasteiger partial charge >= 0.3 is 0 Å². The topological polar surface area (TPSA) is 78.1 Å². The monoisotopic (exact) mass is 376 g/mol. The number of benzene rings is 1. The summed E-state index contributed by atoms with van der Waals surface area (Å²) in [6.07, 6.45) is 5.43. The molecular formula is C22H24N4O2. The van der Waals surface area contributed by atoms with Crippen LogP contribution in [0.15, 0.2) is 53.5 Å². The minimum atomic E-state index is -0.376. The summed E-state index contributed by atoms with van der Waals surface area (Å²) in [4.78, 5) is 34.4. The first-order valence-electron chi connectivity index (χ1n) is 9.75. The maximum Gasteiger partial charge on any atom is 0.261 e. The van der Waals surface area contributed by atoms with Crippen LogP contribution in [0, 0.1) is 0 Å². The molecule has 6 nitrogen and oxygen atoms in total. The normalized spacial score (nSPS) is 14.9. The lowest BCUT2D eigenvalue weighted by molar-refractivity contribution is 0.0949. The number of carbonyl (C=O) groups excluding carboxylic acids is 1. The molecule has 2 N–H and O–H groups in total.